The number of carboxylic acid groups (broad SMARTS) is 1. The minimum atomic E-state index is -0.988. The summed E-state index contributed by atoms with van der Waals surface area (Å²) in [6.07, 6.45) is 5.12. The van der Waals surface area contributed by atoms with Gasteiger partial charge in [-0.3, -0.25) is 14.7 Å². The third-order valence-electron chi connectivity index (χ3n) is 3.32. The minimum absolute atomic E-state index is 0.134. The second kappa shape index (κ2) is 6.67. The predicted molar refractivity (Wildman–Crippen MR) is 93.1 cm³/mol. The topological polar surface area (TPSA) is 82.9 Å². The van der Waals surface area contributed by atoms with Gasteiger partial charge in [-0.15, -0.1) is 0 Å². The van der Waals surface area contributed by atoms with E-state index in [0.29, 0.717) is 15.8 Å². The van der Waals surface area contributed by atoms with E-state index in [1.54, 1.807) is 43.7 Å². The smallest absolute Gasteiger partial charge is 0.335 e. The summed E-state index contributed by atoms with van der Waals surface area (Å²) in [7, 11) is 1.66. The number of aromatic nitrogens is 1. The van der Waals surface area contributed by atoms with Crippen molar-refractivity contribution in [3.63, 3.8) is 0 Å². The third kappa shape index (κ3) is 3.36. The number of likely N-dealkylation sites (N-methyl/N-ethyl adjacent to an activating group) is 1. The molecule has 1 N–H and O–H groups in total. The normalized spacial score (nSPS) is 17.7. The van der Waals surface area contributed by atoms with E-state index in [0.717, 1.165) is 5.56 Å². The lowest BCUT2D eigenvalue weighted by molar-refractivity contribution is -0.121. The Balaban J connectivity index is 1.86. The van der Waals surface area contributed by atoms with Gasteiger partial charge in [0.15, 0.2) is 5.17 Å². The number of rotatable bonds is 3. The van der Waals surface area contributed by atoms with Crippen LogP contribution in [0, 0.1) is 0 Å². The molecule has 0 aliphatic carbocycles. The first-order valence-electron chi connectivity index (χ1n) is 7.04. The Morgan fingerprint density at radius 3 is 2.67 bits per heavy atom. The van der Waals surface area contributed by atoms with E-state index < -0.39 is 5.97 Å². The molecule has 0 radical (unpaired) electrons. The Kier molecular flexibility index (Phi) is 4.43. The number of pyridine rings is 1. The quantitative estimate of drug-likeness (QED) is 0.869. The number of amides is 1. The second-order valence-corrected chi connectivity index (χ2v) is 6.02. The number of hydrogen-bond donors (Lipinski definition) is 1. The van der Waals surface area contributed by atoms with Gasteiger partial charge >= 0.3 is 5.97 Å². The van der Waals surface area contributed by atoms with Crippen molar-refractivity contribution in [1.29, 1.82) is 0 Å². The molecule has 0 spiro atoms. The summed E-state index contributed by atoms with van der Waals surface area (Å²) in [5.74, 6) is -1.12. The summed E-state index contributed by atoms with van der Waals surface area (Å²) in [5, 5.41) is 9.45. The number of carbonyl (C=O) groups excluding carboxylic acids is 1. The fraction of sp³-hybridized carbons (Fsp3) is 0.0588. The molecule has 6 nitrogen and oxygen atoms in total. The largest absolute Gasteiger partial charge is 0.478 e. The van der Waals surface area contributed by atoms with Gasteiger partial charge in [-0.05, 0) is 53.7 Å². The van der Waals surface area contributed by atoms with Crippen molar-refractivity contribution in [2.24, 2.45) is 4.99 Å². The monoisotopic (exact) mass is 339 g/mol. The minimum Gasteiger partial charge on any atom is -0.478 e. The van der Waals surface area contributed by atoms with Crippen molar-refractivity contribution in [2.75, 3.05) is 7.05 Å². The molecule has 7 heteroatoms. The number of benzene rings is 1. The second-order valence-electron chi connectivity index (χ2n) is 5.01. The molecule has 1 aliphatic heterocycles. The van der Waals surface area contributed by atoms with Crippen molar-refractivity contribution in [3.05, 3.63) is 64.8 Å². The number of carboxylic acids is 1. The summed E-state index contributed by atoms with van der Waals surface area (Å²) in [6, 6.07) is 9.86. The molecule has 24 heavy (non-hydrogen) atoms. The molecule has 120 valence electrons. The Morgan fingerprint density at radius 2 is 2.04 bits per heavy atom. The van der Waals surface area contributed by atoms with Gasteiger partial charge in [-0.25, -0.2) is 9.79 Å². The van der Waals surface area contributed by atoms with E-state index in [1.165, 1.54) is 28.8 Å². The summed E-state index contributed by atoms with van der Waals surface area (Å²) < 4.78 is 0. The van der Waals surface area contributed by atoms with Gasteiger partial charge in [0.25, 0.3) is 5.91 Å². The van der Waals surface area contributed by atoms with Crippen LogP contribution in [0.3, 0.4) is 0 Å². The summed E-state index contributed by atoms with van der Waals surface area (Å²) in [6.45, 7) is 0. The fourth-order valence-corrected chi connectivity index (χ4v) is 3.04. The van der Waals surface area contributed by atoms with E-state index in [9.17, 15) is 9.59 Å². The molecule has 1 fully saturated rings. The highest BCUT2D eigenvalue weighted by Crippen LogP contribution is 2.33. The SMILES string of the molecule is CN1C(=O)/C(=C\c2cccnc2)SC1=Nc1ccc(C(=O)O)cc1. The molecule has 1 aromatic heterocycles. The number of carbonyl (C=O) groups is 2. The summed E-state index contributed by atoms with van der Waals surface area (Å²) >= 11 is 1.27. The molecule has 1 aliphatic rings. The molecule has 0 saturated carbocycles. The average molecular weight is 339 g/mol. The van der Waals surface area contributed by atoms with Crippen LogP contribution in [0.15, 0.2) is 58.7 Å². The number of aliphatic imine (C=N–C) groups is 1. The van der Waals surface area contributed by atoms with Gasteiger partial charge in [0.05, 0.1) is 16.2 Å². The van der Waals surface area contributed by atoms with Crippen LogP contribution in [-0.2, 0) is 4.79 Å². The van der Waals surface area contributed by atoms with Crippen molar-refractivity contribution >= 4 is 40.6 Å². The first-order chi connectivity index (χ1) is 11.5. The van der Waals surface area contributed by atoms with Gasteiger partial charge in [0, 0.05) is 19.4 Å². The molecule has 1 aromatic carbocycles. The van der Waals surface area contributed by atoms with Crippen molar-refractivity contribution in [2.45, 2.75) is 0 Å². The van der Waals surface area contributed by atoms with Gasteiger partial charge in [-0.1, -0.05) is 6.07 Å². The van der Waals surface area contributed by atoms with Crippen LogP contribution in [0.5, 0.6) is 0 Å². The van der Waals surface area contributed by atoms with Gasteiger partial charge in [0.1, 0.15) is 0 Å². The number of nitrogens with zero attached hydrogens (tertiary/aromatic N) is 3. The lowest BCUT2D eigenvalue weighted by atomic mass is 10.2. The van der Waals surface area contributed by atoms with Crippen LogP contribution in [0.4, 0.5) is 5.69 Å². The molecular weight excluding hydrogens is 326 g/mol. The van der Waals surface area contributed by atoms with E-state index in [4.69, 9.17) is 5.11 Å². The average Bonchev–Trinajstić information content (AvgIpc) is 2.84. The highest BCUT2D eigenvalue weighted by molar-refractivity contribution is 8.18. The van der Waals surface area contributed by atoms with E-state index in [1.807, 2.05) is 6.07 Å². The van der Waals surface area contributed by atoms with E-state index in [2.05, 4.69) is 9.98 Å². The first-order valence-corrected chi connectivity index (χ1v) is 7.86. The molecule has 0 unspecified atom stereocenters. The fourth-order valence-electron chi connectivity index (χ4n) is 2.05. The molecule has 1 amide bonds. The van der Waals surface area contributed by atoms with Crippen LogP contribution in [-0.4, -0.2) is 39.1 Å². The molecule has 0 atom stereocenters. The van der Waals surface area contributed by atoms with E-state index in [-0.39, 0.29) is 11.5 Å². The summed E-state index contributed by atoms with van der Waals surface area (Å²) in [4.78, 5) is 33.6. The number of aromatic carboxylic acids is 1. The van der Waals surface area contributed by atoms with E-state index >= 15 is 0 Å². The zero-order valence-electron chi connectivity index (χ0n) is 12.7. The zero-order valence-corrected chi connectivity index (χ0v) is 13.5. The molecular formula is C17H13N3O3S. The maximum absolute atomic E-state index is 12.3. The lowest BCUT2D eigenvalue weighted by Gasteiger charge is -2.07. The maximum atomic E-state index is 12.3. The highest BCUT2D eigenvalue weighted by Gasteiger charge is 2.30. The van der Waals surface area contributed by atoms with Gasteiger partial charge in [-0.2, -0.15) is 0 Å². The van der Waals surface area contributed by atoms with Gasteiger partial charge < -0.3 is 5.11 Å². The lowest BCUT2D eigenvalue weighted by Crippen LogP contribution is -2.23. The standard InChI is InChI=1S/C17H13N3O3S/c1-20-15(21)14(9-11-3-2-8-18-10-11)24-17(20)19-13-6-4-12(5-7-13)16(22)23/h2-10H,1H3,(H,22,23)/b14-9+,19-17?. The predicted octanol–water partition coefficient (Wildman–Crippen LogP) is 3.01. The Morgan fingerprint density at radius 1 is 1.29 bits per heavy atom. The highest BCUT2D eigenvalue weighted by atomic mass is 32.2. The Bertz CT molecular complexity index is 845. The Hall–Kier alpha value is -2.93. The maximum Gasteiger partial charge on any atom is 0.335 e. The van der Waals surface area contributed by atoms with Crippen LogP contribution < -0.4 is 0 Å². The van der Waals surface area contributed by atoms with Crippen LogP contribution in [0.25, 0.3) is 6.08 Å². The molecule has 3 rings (SSSR count). The molecule has 1 saturated heterocycles. The van der Waals surface area contributed by atoms with Crippen molar-refractivity contribution in [3.8, 4) is 0 Å². The Labute approximate surface area is 142 Å². The zero-order chi connectivity index (χ0) is 17.1. The number of amidine groups is 1. The molecule has 0 bridgehead atoms. The van der Waals surface area contributed by atoms with Gasteiger partial charge in [0.2, 0.25) is 0 Å². The van der Waals surface area contributed by atoms with Crippen molar-refractivity contribution in [1.82, 2.24) is 9.88 Å². The summed E-state index contributed by atoms with van der Waals surface area (Å²) in [5.41, 5.74) is 1.62. The van der Waals surface area contributed by atoms with Crippen LogP contribution in [0.2, 0.25) is 0 Å². The molecule has 2 heterocycles. The van der Waals surface area contributed by atoms with Crippen LogP contribution >= 0.6 is 11.8 Å². The first kappa shape index (κ1) is 15.9. The molecule has 2 aromatic rings. The third-order valence-corrected chi connectivity index (χ3v) is 4.38. The number of thioether (sulfide) groups is 1. The van der Waals surface area contributed by atoms with Crippen LogP contribution in [0.1, 0.15) is 15.9 Å². The number of hydrogen-bond acceptors (Lipinski definition) is 5. The van der Waals surface area contributed by atoms with Crippen molar-refractivity contribution < 1.29 is 14.7 Å².